The molecule has 0 saturated carbocycles. The van der Waals surface area contributed by atoms with Crippen molar-refractivity contribution in [2.45, 2.75) is 38.8 Å². The number of esters is 1. The zero-order chi connectivity index (χ0) is 21.7. The highest BCUT2D eigenvalue weighted by molar-refractivity contribution is 5.84. The van der Waals surface area contributed by atoms with Crippen molar-refractivity contribution < 1.29 is 23.5 Å². The van der Waals surface area contributed by atoms with Crippen molar-refractivity contribution in [2.75, 3.05) is 0 Å². The Morgan fingerprint density at radius 2 is 1.73 bits per heavy atom. The van der Waals surface area contributed by atoms with Crippen LogP contribution in [-0.4, -0.2) is 23.7 Å². The lowest BCUT2D eigenvalue weighted by atomic mass is 10.1. The Kier molecular flexibility index (Phi) is 6.20. The highest BCUT2D eigenvalue weighted by Crippen LogP contribution is 2.20. The Morgan fingerprint density at radius 1 is 1.03 bits per heavy atom. The SMILES string of the molecule is CC(C)(C)OC(=O)NC(Cc1ccccc1)C(=O)Oc1ccc2ccc(=O)oc2c1. The third-order valence-electron chi connectivity index (χ3n) is 4.07. The van der Waals surface area contributed by atoms with Gasteiger partial charge in [0.05, 0.1) is 0 Å². The lowest BCUT2D eigenvalue weighted by Crippen LogP contribution is -2.46. The lowest BCUT2D eigenvalue weighted by Gasteiger charge is -2.23. The van der Waals surface area contributed by atoms with E-state index in [0.29, 0.717) is 11.0 Å². The number of hydrogen-bond acceptors (Lipinski definition) is 6. The van der Waals surface area contributed by atoms with Gasteiger partial charge >= 0.3 is 17.7 Å². The van der Waals surface area contributed by atoms with E-state index in [1.54, 1.807) is 39.0 Å². The Labute approximate surface area is 173 Å². The van der Waals surface area contributed by atoms with Crippen LogP contribution in [0.15, 0.2) is 69.9 Å². The summed E-state index contributed by atoms with van der Waals surface area (Å²) in [6, 6.07) is 15.9. The van der Waals surface area contributed by atoms with Crippen LogP contribution < -0.4 is 15.7 Å². The summed E-state index contributed by atoms with van der Waals surface area (Å²) in [7, 11) is 0. The van der Waals surface area contributed by atoms with Crippen LogP contribution in [0.3, 0.4) is 0 Å². The molecule has 7 heteroatoms. The number of nitrogens with one attached hydrogen (secondary N) is 1. The third-order valence-corrected chi connectivity index (χ3v) is 4.07. The second-order valence-corrected chi connectivity index (χ2v) is 7.76. The van der Waals surface area contributed by atoms with Crippen LogP contribution in [0.5, 0.6) is 5.75 Å². The third kappa shape index (κ3) is 5.94. The molecule has 0 aliphatic carbocycles. The van der Waals surface area contributed by atoms with Crippen LogP contribution in [0.4, 0.5) is 4.79 Å². The fourth-order valence-electron chi connectivity index (χ4n) is 2.78. The van der Waals surface area contributed by atoms with Gasteiger partial charge in [0.1, 0.15) is 23.0 Å². The van der Waals surface area contributed by atoms with Crippen LogP contribution in [0.25, 0.3) is 11.0 Å². The van der Waals surface area contributed by atoms with E-state index in [1.165, 1.54) is 12.1 Å². The lowest BCUT2D eigenvalue weighted by molar-refractivity contribution is -0.136. The van der Waals surface area contributed by atoms with Gasteiger partial charge in [0, 0.05) is 23.9 Å². The zero-order valence-electron chi connectivity index (χ0n) is 17.0. The van der Waals surface area contributed by atoms with E-state index in [2.05, 4.69) is 5.32 Å². The molecule has 30 heavy (non-hydrogen) atoms. The topological polar surface area (TPSA) is 94.8 Å². The normalized spacial score (nSPS) is 12.2. The fourth-order valence-corrected chi connectivity index (χ4v) is 2.78. The number of rotatable bonds is 5. The minimum Gasteiger partial charge on any atom is -0.444 e. The molecule has 1 unspecified atom stereocenters. The molecule has 1 amide bonds. The molecular weight excluding hydrogens is 386 g/mol. The molecule has 1 atom stereocenters. The first-order valence-corrected chi connectivity index (χ1v) is 9.49. The average Bonchev–Trinajstić information content (AvgIpc) is 2.66. The van der Waals surface area contributed by atoms with Crippen LogP contribution in [-0.2, 0) is 16.0 Å². The first kappa shape index (κ1) is 21.1. The molecule has 0 bridgehead atoms. The van der Waals surface area contributed by atoms with Crippen LogP contribution in [0, 0.1) is 0 Å². The Morgan fingerprint density at radius 3 is 2.43 bits per heavy atom. The first-order chi connectivity index (χ1) is 14.2. The Hall–Kier alpha value is -3.61. The molecule has 0 radical (unpaired) electrons. The highest BCUT2D eigenvalue weighted by Gasteiger charge is 2.26. The maximum absolute atomic E-state index is 12.8. The molecule has 3 rings (SSSR count). The number of fused-ring (bicyclic) bond motifs is 1. The largest absolute Gasteiger partial charge is 0.444 e. The number of benzene rings is 2. The van der Waals surface area contributed by atoms with E-state index in [0.717, 1.165) is 5.56 Å². The molecule has 3 aromatic rings. The van der Waals surface area contributed by atoms with Gasteiger partial charge in [0.15, 0.2) is 0 Å². The van der Waals surface area contributed by atoms with E-state index in [1.807, 2.05) is 30.3 Å². The smallest absolute Gasteiger partial charge is 0.408 e. The Bertz CT molecular complexity index is 1100. The Balaban J connectivity index is 1.79. The average molecular weight is 409 g/mol. The molecule has 2 aromatic carbocycles. The van der Waals surface area contributed by atoms with Crippen molar-refractivity contribution in [1.29, 1.82) is 0 Å². The number of carbonyl (C=O) groups is 2. The van der Waals surface area contributed by atoms with Gasteiger partial charge in [-0.3, -0.25) is 0 Å². The number of carbonyl (C=O) groups excluding carboxylic acids is 2. The summed E-state index contributed by atoms with van der Waals surface area (Å²) >= 11 is 0. The molecule has 7 nitrogen and oxygen atoms in total. The summed E-state index contributed by atoms with van der Waals surface area (Å²) in [6.45, 7) is 5.21. The molecule has 1 N–H and O–H groups in total. The van der Waals surface area contributed by atoms with Gasteiger partial charge in [-0.2, -0.15) is 0 Å². The summed E-state index contributed by atoms with van der Waals surface area (Å²) < 4.78 is 15.8. The second-order valence-electron chi connectivity index (χ2n) is 7.76. The summed E-state index contributed by atoms with van der Waals surface area (Å²) in [4.78, 5) is 36.5. The molecule has 0 aliphatic rings. The molecule has 0 aliphatic heterocycles. The van der Waals surface area contributed by atoms with Gasteiger partial charge in [-0.05, 0) is 44.5 Å². The van der Waals surface area contributed by atoms with Crippen molar-refractivity contribution in [1.82, 2.24) is 5.32 Å². The number of alkyl carbamates (subject to hydrolysis) is 1. The van der Waals surface area contributed by atoms with E-state index in [9.17, 15) is 14.4 Å². The van der Waals surface area contributed by atoms with Crippen LogP contribution in [0.1, 0.15) is 26.3 Å². The molecule has 156 valence electrons. The maximum Gasteiger partial charge on any atom is 0.408 e. The van der Waals surface area contributed by atoms with Crippen LogP contribution in [0.2, 0.25) is 0 Å². The van der Waals surface area contributed by atoms with Gasteiger partial charge in [-0.15, -0.1) is 0 Å². The van der Waals surface area contributed by atoms with Crippen molar-refractivity contribution >= 4 is 23.0 Å². The van der Waals surface area contributed by atoms with E-state index in [4.69, 9.17) is 13.9 Å². The van der Waals surface area contributed by atoms with E-state index in [-0.39, 0.29) is 12.2 Å². The summed E-state index contributed by atoms with van der Waals surface area (Å²) in [6.07, 6.45) is -0.494. The van der Waals surface area contributed by atoms with E-state index >= 15 is 0 Å². The number of hydrogen-bond donors (Lipinski definition) is 1. The van der Waals surface area contributed by atoms with Gasteiger partial charge in [0.2, 0.25) is 0 Å². The standard InChI is InChI=1S/C23H23NO6/c1-23(2,3)30-22(27)24-18(13-15-7-5-4-6-8-15)21(26)28-17-11-9-16-10-12-20(25)29-19(16)14-17/h4-12,14,18H,13H2,1-3H3,(H,24,27). The second kappa shape index (κ2) is 8.82. The molecule has 0 spiro atoms. The van der Waals surface area contributed by atoms with E-state index < -0.39 is 29.3 Å². The summed E-state index contributed by atoms with van der Waals surface area (Å²) in [5, 5.41) is 3.28. The number of amides is 1. The van der Waals surface area contributed by atoms with Crippen molar-refractivity contribution in [3.8, 4) is 5.75 Å². The molecule has 0 saturated heterocycles. The molecule has 1 aromatic heterocycles. The predicted octanol–water partition coefficient (Wildman–Crippen LogP) is 3.83. The fraction of sp³-hybridized carbons (Fsp3) is 0.261. The van der Waals surface area contributed by atoms with Gasteiger partial charge in [-0.1, -0.05) is 30.3 Å². The van der Waals surface area contributed by atoms with Crippen molar-refractivity contribution in [3.63, 3.8) is 0 Å². The summed E-state index contributed by atoms with van der Waals surface area (Å²) in [5.41, 5.74) is -0.0618. The molecular formula is C23H23NO6. The van der Waals surface area contributed by atoms with Crippen LogP contribution >= 0.6 is 0 Å². The monoisotopic (exact) mass is 409 g/mol. The maximum atomic E-state index is 12.8. The summed E-state index contributed by atoms with van der Waals surface area (Å²) in [5.74, 6) is -0.465. The zero-order valence-corrected chi connectivity index (χ0v) is 17.0. The van der Waals surface area contributed by atoms with Crippen molar-refractivity contribution in [3.05, 3.63) is 76.6 Å². The van der Waals surface area contributed by atoms with Gasteiger partial charge in [-0.25, -0.2) is 14.4 Å². The quantitative estimate of drug-likeness (QED) is 0.391. The number of ether oxygens (including phenoxy) is 2. The first-order valence-electron chi connectivity index (χ1n) is 9.49. The minimum atomic E-state index is -0.972. The van der Waals surface area contributed by atoms with Gasteiger partial charge < -0.3 is 19.2 Å². The van der Waals surface area contributed by atoms with Gasteiger partial charge in [0.25, 0.3) is 0 Å². The molecule has 1 heterocycles. The molecule has 0 fully saturated rings. The predicted molar refractivity (Wildman–Crippen MR) is 111 cm³/mol. The highest BCUT2D eigenvalue weighted by atomic mass is 16.6. The minimum absolute atomic E-state index is 0.200. The van der Waals surface area contributed by atoms with Crippen molar-refractivity contribution in [2.24, 2.45) is 0 Å².